The maximum absolute atomic E-state index is 5.36. The van der Waals surface area contributed by atoms with Gasteiger partial charge in [-0.05, 0) is 31.6 Å². The molecular weight excluding hydrogens is 256 g/mol. The number of ether oxygens (including phenoxy) is 2. The minimum Gasteiger partial charge on any atom is -0.355 e. The van der Waals surface area contributed by atoms with E-state index in [2.05, 4.69) is 36.7 Å². The van der Waals surface area contributed by atoms with Gasteiger partial charge in [0.2, 0.25) is 0 Å². The molecule has 0 heterocycles. The van der Waals surface area contributed by atoms with Crippen molar-refractivity contribution >= 4 is 15.9 Å². The Hall–Kier alpha value is 0.400. The minimum atomic E-state index is 0.455. The topological polar surface area (TPSA) is 18.5 Å². The first-order valence-corrected chi connectivity index (χ1v) is 6.88. The summed E-state index contributed by atoms with van der Waals surface area (Å²) in [5.74, 6) is 0.777. The number of hydrogen-bond acceptors (Lipinski definition) is 2. The van der Waals surface area contributed by atoms with Crippen LogP contribution in [0.2, 0.25) is 0 Å². The Balaban J connectivity index is 3.09. The zero-order valence-electron chi connectivity index (χ0n) is 10.3. The molecule has 0 saturated heterocycles. The van der Waals surface area contributed by atoms with Gasteiger partial charge in [0.15, 0.2) is 0 Å². The van der Waals surface area contributed by atoms with Gasteiger partial charge in [-0.1, -0.05) is 36.7 Å². The summed E-state index contributed by atoms with van der Waals surface area (Å²) in [6.45, 7) is 8.68. The van der Waals surface area contributed by atoms with Crippen LogP contribution in [-0.4, -0.2) is 24.8 Å². The molecule has 15 heavy (non-hydrogen) atoms. The Labute approximate surface area is 103 Å². The summed E-state index contributed by atoms with van der Waals surface area (Å²) in [6.07, 6.45) is 4.68. The van der Waals surface area contributed by atoms with Gasteiger partial charge in [-0.15, -0.1) is 0 Å². The molecule has 0 aromatic rings. The summed E-state index contributed by atoms with van der Waals surface area (Å²) in [7, 11) is 0. The van der Waals surface area contributed by atoms with Crippen LogP contribution in [0.3, 0.4) is 0 Å². The Kier molecular flexibility index (Phi) is 11.2. The van der Waals surface area contributed by atoms with E-state index in [0.29, 0.717) is 11.6 Å². The third-order valence-electron chi connectivity index (χ3n) is 2.23. The van der Waals surface area contributed by atoms with Crippen molar-refractivity contribution in [3.63, 3.8) is 0 Å². The summed E-state index contributed by atoms with van der Waals surface area (Å²) in [6, 6.07) is 0. The lowest BCUT2D eigenvalue weighted by molar-refractivity contribution is -0.0548. The highest BCUT2D eigenvalue weighted by Gasteiger charge is 2.05. The van der Waals surface area contributed by atoms with Crippen LogP contribution in [0.25, 0.3) is 0 Å². The molecule has 0 aromatic carbocycles. The zero-order chi connectivity index (χ0) is 11.5. The highest BCUT2D eigenvalue weighted by molar-refractivity contribution is 9.09. The smallest absolute Gasteiger partial charge is 0.146 e. The molecular formula is C12H25BrO2. The van der Waals surface area contributed by atoms with E-state index in [1.165, 1.54) is 12.8 Å². The fourth-order valence-electron chi connectivity index (χ4n) is 1.53. The number of alkyl halides is 1. The Morgan fingerprint density at radius 3 is 2.40 bits per heavy atom. The molecule has 0 saturated carbocycles. The number of rotatable bonds is 10. The molecule has 2 unspecified atom stereocenters. The van der Waals surface area contributed by atoms with E-state index in [1.54, 1.807) is 0 Å². The summed E-state index contributed by atoms with van der Waals surface area (Å²) < 4.78 is 10.6. The molecule has 0 fully saturated rings. The second-order valence-electron chi connectivity index (χ2n) is 4.20. The fourth-order valence-corrected chi connectivity index (χ4v) is 2.17. The summed E-state index contributed by atoms with van der Waals surface area (Å²) in [5.41, 5.74) is 0. The van der Waals surface area contributed by atoms with Gasteiger partial charge in [-0.2, -0.15) is 0 Å². The maximum atomic E-state index is 5.36. The molecule has 0 amide bonds. The van der Waals surface area contributed by atoms with Crippen molar-refractivity contribution in [2.24, 2.45) is 5.92 Å². The average Bonchev–Trinajstić information content (AvgIpc) is 2.15. The van der Waals surface area contributed by atoms with Gasteiger partial charge in [0, 0.05) is 18.0 Å². The largest absolute Gasteiger partial charge is 0.355 e. The molecule has 0 aromatic heterocycles. The first-order valence-electron chi connectivity index (χ1n) is 5.96. The minimum absolute atomic E-state index is 0.455. The standard InChI is InChI=1S/C12H25BrO2/c1-4-7-14-10-15-8-5-6-11(2)9-12(3)13/h11-12H,4-10H2,1-3H3. The van der Waals surface area contributed by atoms with Crippen LogP contribution in [-0.2, 0) is 9.47 Å². The Morgan fingerprint density at radius 1 is 1.13 bits per heavy atom. The molecule has 2 nitrogen and oxygen atoms in total. The van der Waals surface area contributed by atoms with Crippen LogP contribution in [0.4, 0.5) is 0 Å². The predicted octanol–water partition coefficient (Wildman–Crippen LogP) is 3.98. The fraction of sp³-hybridized carbons (Fsp3) is 1.00. The van der Waals surface area contributed by atoms with Crippen LogP contribution < -0.4 is 0 Å². The van der Waals surface area contributed by atoms with E-state index in [9.17, 15) is 0 Å². The second kappa shape index (κ2) is 10.9. The van der Waals surface area contributed by atoms with Crippen molar-refractivity contribution in [1.82, 2.24) is 0 Å². The molecule has 0 aliphatic heterocycles. The van der Waals surface area contributed by atoms with Crippen molar-refractivity contribution < 1.29 is 9.47 Å². The van der Waals surface area contributed by atoms with E-state index in [-0.39, 0.29) is 0 Å². The lowest BCUT2D eigenvalue weighted by Gasteiger charge is -2.12. The third-order valence-corrected chi connectivity index (χ3v) is 2.60. The molecule has 0 radical (unpaired) electrons. The highest BCUT2D eigenvalue weighted by atomic mass is 79.9. The van der Waals surface area contributed by atoms with Crippen molar-refractivity contribution in [2.45, 2.75) is 51.3 Å². The molecule has 0 spiro atoms. The predicted molar refractivity (Wildman–Crippen MR) is 68.5 cm³/mol. The zero-order valence-corrected chi connectivity index (χ0v) is 11.9. The molecule has 0 N–H and O–H groups in total. The van der Waals surface area contributed by atoms with Crippen LogP contribution in [0, 0.1) is 5.92 Å². The number of hydrogen-bond donors (Lipinski definition) is 0. The molecule has 0 aliphatic carbocycles. The van der Waals surface area contributed by atoms with E-state index in [0.717, 1.165) is 32.0 Å². The van der Waals surface area contributed by atoms with Gasteiger partial charge < -0.3 is 9.47 Å². The van der Waals surface area contributed by atoms with Crippen molar-refractivity contribution in [1.29, 1.82) is 0 Å². The molecule has 3 heteroatoms. The van der Waals surface area contributed by atoms with Gasteiger partial charge in [-0.3, -0.25) is 0 Å². The van der Waals surface area contributed by atoms with E-state index >= 15 is 0 Å². The van der Waals surface area contributed by atoms with Gasteiger partial charge in [-0.25, -0.2) is 0 Å². The molecule has 0 bridgehead atoms. The van der Waals surface area contributed by atoms with Crippen molar-refractivity contribution in [2.75, 3.05) is 20.0 Å². The van der Waals surface area contributed by atoms with Crippen molar-refractivity contribution in [3.05, 3.63) is 0 Å². The van der Waals surface area contributed by atoms with E-state index < -0.39 is 0 Å². The molecule has 0 rings (SSSR count). The quantitative estimate of drug-likeness (QED) is 0.342. The molecule has 2 atom stereocenters. The summed E-state index contributed by atoms with van der Waals surface area (Å²) in [5, 5.41) is 0. The molecule has 92 valence electrons. The third kappa shape index (κ3) is 12.3. The van der Waals surface area contributed by atoms with Crippen LogP contribution in [0.5, 0.6) is 0 Å². The van der Waals surface area contributed by atoms with Gasteiger partial charge in [0.05, 0.1) is 0 Å². The Morgan fingerprint density at radius 2 is 1.80 bits per heavy atom. The second-order valence-corrected chi connectivity index (χ2v) is 5.76. The van der Waals surface area contributed by atoms with E-state index in [4.69, 9.17) is 9.47 Å². The van der Waals surface area contributed by atoms with E-state index in [1.807, 2.05) is 0 Å². The Bertz CT molecular complexity index is 129. The van der Waals surface area contributed by atoms with Crippen LogP contribution >= 0.6 is 15.9 Å². The maximum Gasteiger partial charge on any atom is 0.146 e. The van der Waals surface area contributed by atoms with Gasteiger partial charge in [0.25, 0.3) is 0 Å². The summed E-state index contributed by atoms with van der Waals surface area (Å²) >= 11 is 3.57. The lowest BCUT2D eigenvalue weighted by Crippen LogP contribution is -2.06. The van der Waals surface area contributed by atoms with Gasteiger partial charge in [0.1, 0.15) is 6.79 Å². The SMILES string of the molecule is CCCOCOCCCC(C)CC(C)Br. The molecule has 0 aliphatic rings. The lowest BCUT2D eigenvalue weighted by atomic mass is 10.0. The number of halogens is 1. The normalized spacial score (nSPS) is 15.2. The first kappa shape index (κ1) is 15.4. The first-order chi connectivity index (χ1) is 7.16. The average molecular weight is 281 g/mol. The van der Waals surface area contributed by atoms with Crippen LogP contribution in [0.15, 0.2) is 0 Å². The van der Waals surface area contributed by atoms with Gasteiger partial charge >= 0.3 is 0 Å². The highest BCUT2D eigenvalue weighted by Crippen LogP contribution is 2.16. The van der Waals surface area contributed by atoms with Crippen LogP contribution in [0.1, 0.15) is 46.5 Å². The summed E-state index contributed by atoms with van der Waals surface area (Å²) in [4.78, 5) is 0.626. The van der Waals surface area contributed by atoms with Crippen molar-refractivity contribution in [3.8, 4) is 0 Å². The monoisotopic (exact) mass is 280 g/mol.